The molecule has 0 aromatic heterocycles. The van der Waals surface area contributed by atoms with Crippen molar-refractivity contribution in [1.29, 1.82) is 0 Å². The first-order valence-electron chi connectivity index (χ1n) is 5.91. The first-order chi connectivity index (χ1) is 8.51. The molecule has 0 bridgehead atoms. The summed E-state index contributed by atoms with van der Waals surface area (Å²) in [6.45, 7) is 6.88. The highest BCUT2D eigenvalue weighted by atomic mass is 16.5. The number of ether oxygens (including phenoxy) is 1. The molecule has 1 unspecified atom stereocenters. The highest BCUT2D eigenvalue weighted by molar-refractivity contribution is 5.94. The average molecular weight is 246 g/mol. The van der Waals surface area contributed by atoms with Gasteiger partial charge in [0.25, 0.3) is 0 Å². The van der Waals surface area contributed by atoms with Gasteiger partial charge in [-0.05, 0) is 25.0 Å². The summed E-state index contributed by atoms with van der Waals surface area (Å²) < 4.78 is 5.14. The van der Waals surface area contributed by atoms with E-state index in [1.54, 1.807) is 6.08 Å². The summed E-state index contributed by atoms with van der Waals surface area (Å²) >= 11 is 0. The maximum atomic E-state index is 11.3. The first-order valence-corrected chi connectivity index (χ1v) is 5.91. The maximum absolute atomic E-state index is 11.3. The molecule has 0 aliphatic heterocycles. The Labute approximate surface area is 107 Å². The third-order valence-electron chi connectivity index (χ3n) is 2.46. The van der Waals surface area contributed by atoms with E-state index in [9.17, 15) is 9.59 Å². The van der Waals surface area contributed by atoms with E-state index in [1.165, 1.54) is 6.92 Å². The fraction of sp³-hybridized carbons (Fsp3) is 0.333. The Hall–Kier alpha value is -1.90. The number of hydrogen-bond acceptors (Lipinski definition) is 3. The van der Waals surface area contributed by atoms with Gasteiger partial charge < -0.3 is 4.74 Å². The maximum Gasteiger partial charge on any atom is 0.313 e. The molecule has 3 heteroatoms. The van der Waals surface area contributed by atoms with Gasteiger partial charge in [0.05, 0.1) is 0 Å². The van der Waals surface area contributed by atoms with Crippen LogP contribution >= 0.6 is 0 Å². The standard InChI is InChI=1S/C15H18O3/c1-4-13-5-7-14(8-6-13)10-12(3)18-15(17)9-11(2)16/h4-8,12H,1,9-10H2,2-3H3. The minimum absolute atomic E-state index is 0.153. The van der Waals surface area contributed by atoms with Gasteiger partial charge >= 0.3 is 5.97 Å². The van der Waals surface area contributed by atoms with Gasteiger partial charge in [-0.15, -0.1) is 0 Å². The molecule has 1 rings (SSSR count). The third kappa shape index (κ3) is 4.95. The quantitative estimate of drug-likeness (QED) is 0.572. The second-order valence-electron chi connectivity index (χ2n) is 4.33. The zero-order valence-electron chi connectivity index (χ0n) is 10.8. The summed E-state index contributed by atoms with van der Waals surface area (Å²) in [7, 11) is 0. The lowest BCUT2D eigenvalue weighted by Gasteiger charge is -2.12. The van der Waals surface area contributed by atoms with Crippen LogP contribution in [0.5, 0.6) is 0 Å². The Kier molecular flexibility index (Phi) is 5.31. The minimum atomic E-state index is -0.460. The van der Waals surface area contributed by atoms with Crippen LogP contribution in [0.1, 0.15) is 31.4 Å². The molecule has 0 N–H and O–H groups in total. The van der Waals surface area contributed by atoms with E-state index in [1.807, 2.05) is 31.2 Å². The van der Waals surface area contributed by atoms with Crippen LogP contribution in [0, 0.1) is 0 Å². The second-order valence-corrected chi connectivity index (χ2v) is 4.33. The normalized spacial score (nSPS) is 11.7. The van der Waals surface area contributed by atoms with Gasteiger partial charge in [0, 0.05) is 6.42 Å². The van der Waals surface area contributed by atoms with Crippen molar-refractivity contribution in [1.82, 2.24) is 0 Å². The van der Waals surface area contributed by atoms with Gasteiger partial charge in [-0.25, -0.2) is 0 Å². The summed E-state index contributed by atoms with van der Waals surface area (Å²) in [5.41, 5.74) is 2.14. The summed E-state index contributed by atoms with van der Waals surface area (Å²) in [6, 6.07) is 7.89. The van der Waals surface area contributed by atoms with Crippen LogP contribution in [0.2, 0.25) is 0 Å². The van der Waals surface area contributed by atoms with Crippen molar-refractivity contribution >= 4 is 17.8 Å². The van der Waals surface area contributed by atoms with Crippen LogP contribution in [-0.4, -0.2) is 17.9 Å². The second kappa shape index (κ2) is 6.74. The number of hydrogen-bond donors (Lipinski definition) is 0. The summed E-state index contributed by atoms with van der Waals surface area (Å²) in [5.74, 6) is -0.639. The van der Waals surface area contributed by atoms with Gasteiger partial charge in [-0.1, -0.05) is 36.9 Å². The SMILES string of the molecule is C=Cc1ccc(CC(C)OC(=O)CC(C)=O)cc1. The van der Waals surface area contributed by atoms with Crippen molar-refractivity contribution in [3.63, 3.8) is 0 Å². The summed E-state index contributed by atoms with van der Waals surface area (Å²) in [5, 5.41) is 0. The zero-order valence-corrected chi connectivity index (χ0v) is 10.8. The van der Waals surface area contributed by atoms with E-state index in [4.69, 9.17) is 4.74 Å². The zero-order chi connectivity index (χ0) is 13.5. The topological polar surface area (TPSA) is 43.4 Å². The summed E-state index contributed by atoms with van der Waals surface area (Å²) in [6.07, 6.45) is 2.03. The molecular weight excluding hydrogens is 228 g/mol. The number of rotatable bonds is 6. The van der Waals surface area contributed by atoms with E-state index in [0.717, 1.165) is 11.1 Å². The Morgan fingerprint density at radius 3 is 2.44 bits per heavy atom. The van der Waals surface area contributed by atoms with Gasteiger partial charge in [0.15, 0.2) is 0 Å². The van der Waals surface area contributed by atoms with E-state index in [2.05, 4.69) is 6.58 Å². The average Bonchev–Trinajstić information content (AvgIpc) is 2.28. The highest BCUT2D eigenvalue weighted by Gasteiger charge is 2.11. The summed E-state index contributed by atoms with van der Waals surface area (Å²) in [4.78, 5) is 22.1. The molecule has 0 aliphatic rings. The Morgan fingerprint density at radius 2 is 1.94 bits per heavy atom. The van der Waals surface area contributed by atoms with Crippen LogP contribution in [-0.2, 0) is 20.7 Å². The molecule has 0 saturated heterocycles. The minimum Gasteiger partial charge on any atom is -0.462 e. The molecule has 3 nitrogen and oxygen atoms in total. The monoisotopic (exact) mass is 246 g/mol. The van der Waals surface area contributed by atoms with E-state index < -0.39 is 5.97 Å². The number of benzene rings is 1. The predicted octanol–water partition coefficient (Wildman–Crippen LogP) is 2.78. The molecule has 96 valence electrons. The van der Waals surface area contributed by atoms with Crippen molar-refractivity contribution in [2.45, 2.75) is 32.8 Å². The molecule has 18 heavy (non-hydrogen) atoms. The largest absolute Gasteiger partial charge is 0.462 e. The molecule has 0 saturated carbocycles. The smallest absolute Gasteiger partial charge is 0.313 e. The lowest BCUT2D eigenvalue weighted by Crippen LogP contribution is -2.18. The Balaban J connectivity index is 2.48. The van der Waals surface area contributed by atoms with Gasteiger partial charge in [-0.3, -0.25) is 9.59 Å². The number of ketones is 1. The van der Waals surface area contributed by atoms with Crippen LogP contribution in [0.15, 0.2) is 30.8 Å². The number of carbonyl (C=O) groups is 2. The lowest BCUT2D eigenvalue weighted by atomic mass is 10.1. The lowest BCUT2D eigenvalue weighted by molar-refractivity contribution is -0.149. The number of carbonyl (C=O) groups excluding carboxylic acids is 2. The van der Waals surface area contributed by atoms with Gasteiger partial charge in [0.2, 0.25) is 0 Å². The van der Waals surface area contributed by atoms with Crippen molar-refractivity contribution in [3.8, 4) is 0 Å². The van der Waals surface area contributed by atoms with Crippen molar-refractivity contribution in [3.05, 3.63) is 42.0 Å². The fourth-order valence-corrected chi connectivity index (χ4v) is 1.63. The van der Waals surface area contributed by atoms with Crippen LogP contribution in [0.3, 0.4) is 0 Å². The van der Waals surface area contributed by atoms with Gasteiger partial charge in [0.1, 0.15) is 18.3 Å². The van der Waals surface area contributed by atoms with Crippen molar-refractivity contribution in [2.75, 3.05) is 0 Å². The van der Waals surface area contributed by atoms with Crippen LogP contribution in [0.4, 0.5) is 0 Å². The molecule has 0 heterocycles. The molecule has 1 aromatic carbocycles. The molecule has 0 aliphatic carbocycles. The van der Waals surface area contributed by atoms with E-state index in [-0.39, 0.29) is 18.3 Å². The van der Waals surface area contributed by atoms with E-state index >= 15 is 0 Å². The molecule has 0 radical (unpaired) electrons. The number of esters is 1. The molecule has 0 spiro atoms. The van der Waals surface area contributed by atoms with Crippen LogP contribution in [0.25, 0.3) is 6.08 Å². The molecular formula is C15H18O3. The van der Waals surface area contributed by atoms with Crippen molar-refractivity contribution < 1.29 is 14.3 Å². The highest BCUT2D eigenvalue weighted by Crippen LogP contribution is 2.09. The molecule has 0 fully saturated rings. The third-order valence-corrected chi connectivity index (χ3v) is 2.46. The van der Waals surface area contributed by atoms with E-state index in [0.29, 0.717) is 6.42 Å². The molecule has 0 amide bonds. The van der Waals surface area contributed by atoms with Gasteiger partial charge in [-0.2, -0.15) is 0 Å². The van der Waals surface area contributed by atoms with Crippen molar-refractivity contribution in [2.24, 2.45) is 0 Å². The predicted molar refractivity (Wildman–Crippen MR) is 71.1 cm³/mol. The first kappa shape index (κ1) is 14.2. The Bertz CT molecular complexity index is 432. The molecule has 1 aromatic rings. The Morgan fingerprint density at radius 1 is 1.33 bits per heavy atom. The number of Topliss-reactive ketones (excluding diaryl/α,β-unsaturated/α-hetero) is 1. The van der Waals surface area contributed by atoms with Crippen LogP contribution < -0.4 is 0 Å². The molecule has 1 atom stereocenters. The fourth-order valence-electron chi connectivity index (χ4n) is 1.63.